The van der Waals surface area contributed by atoms with E-state index in [1.807, 2.05) is 0 Å². The highest BCUT2D eigenvalue weighted by Gasteiger charge is 2.63. The molecule has 1 aliphatic rings. The molecule has 146 valence electrons. The van der Waals surface area contributed by atoms with Gasteiger partial charge in [0.05, 0.1) is 19.2 Å². The summed E-state index contributed by atoms with van der Waals surface area (Å²) in [7, 11) is 1.47. The van der Waals surface area contributed by atoms with Crippen molar-refractivity contribution in [2.75, 3.05) is 17.9 Å². The van der Waals surface area contributed by atoms with E-state index in [9.17, 15) is 18.3 Å². The summed E-state index contributed by atoms with van der Waals surface area (Å²) in [6, 6.07) is 7.61. The summed E-state index contributed by atoms with van der Waals surface area (Å²) in [5, 5.41) is 18.8. The highest BCUT2D eigenvalue weighted by molar-refractivity contribution is 6.03. The van der Waals surface area contributed by atoms with Crippen LogP contribution in [-0.2, 0) is 0 Å². The number of anilines is 2. The minimum atomic E-state index is -5.04. The lowest BCUT2D eigenvalue weighted by atomic mass is 10.0. The molecule has 1 aliphatic heterocycles. The Labute approximate surface area is 155 Å². The van der Waals surface area contributed by atoms with Crippen LogP contribution < -0.4 is 15.5 Å². The fraction of sp³-hybridized carbons (Fsp3) is 0.250. The smallest absolute Gasteiger partial charge is 0.438 e. The van der Waals surface area contributed by atoms with Crippen LogP contribution in [0, 0.1) is 0 Å². The fourth-order valence-corrected chi connectivity index (χ4v) is 2.89. The van der Waals surface area contributed by atoms with Gasteiger partial charge in [0.25, 0.3) is 11.7 Å². The number of hydrazone groups is 1. The Bertz CT molecular complexity index is 1060. The predicted octanol–water partition coefficient (Wildman–Crippen LogP) is 1.58. The predicted molar refractivity (Wildman–Crippen MR) is 92.8 cm³/mol. The highest BCUT2D eigenvalue weighted by Crippen LogP contribution is 2.43. The van der Waals surface area contributed by atoms with Gasteiger partial charge in [-0.15, -0.1) is 0 Å². The van der Waals surface area contributed by atoms with Crippen molar-refractivity contribution in [2.24, 2.45) is 5.10 Å². The molecule has 9 nitrogen and oxygen atoms in total. The molecule has 0 radical (unpaired) electrons. The third-order valence-corrected chi connectivity index (χ3v) is 4.32. The molecule has 0 bridgehead atoms. The number of fused-ring (bicyclic) bond motifs is 1. The van der Waals surface area contributed by atoms with Crippen molar-refractivity contribution < 1.29 is 23.0 Å². The van der Waals surface area contributed by atoms with Crippen molar-refractivity contribution in [3.05, 3.63) is 42.2 Å². The number of nitrogen functional groups attached to an aromatic ring is 1. The summed E-state index contributed by atoms with van der Waals surface area (Å²) in [6.07, 6.45) is -4.71. The van der Waals surface area contributed by atoms with Gasteiger partial charge in [-0.2, -0.15) is 37.9 Å². The lowest BCUT2D eigenvalue weighted by molar-refractivity contribution is -0.254. The largest absolute Gasteiger partial charge is 0.497 e. The summed E-state index contributed by atoms with van der Waals surface area (Å²) in [6.45, 7) is 0. The number of aromatic nitrogens is 4. The fourth-order valence-electron chi connectivity index (χ4n) is 2.89. The molecule has 0 aliphatic carbocycles. The third kappa shape index (κ3) is 2.69. The van der Waals surface area contributed by atoms with E-state index in [1.54, 1.807) is 24.3 Å². The maximum atomic E-state index is 13.8. The molecule has 0 amide bonds. The first-order chi connectivity index (χ1) is 13.2. The van der Waals surface area contributed by atoms with Gasteiger partial charge >= 0.3 is 6.18 Å². The van der Waals surface area contributed by atoms with E-state index in [0.717, 1.165) is 10.8 Å². The molecule has 3 heterocycles. The topological polar surface area (TPSA) is 114 Å². The zero-order valence-electron chi connectivity index (χ0n) is 14.4. The molecule has 0 spiro atoms. The van der Waals surface area contributed by atoms with Gasteiger partial charge in [0.1, 0.15) is 17.9 Å². The van der Waals surface area contributed by atoms with E-state index >= 15 is 0 Å². The van der Waals surface area contributed by atoms with Crippen molar-refractivity contribution in [1.82, 2.24) is 19.6 Å². The number of ether oxygens (including phenoxy) is 1. The maximum absolute atomic E-state index is 13.8. The second-order valence-corrected chi connectivity index (χ2v) is 6.09. The van der Waals surface area contributed by atoms with Gasteiger partial charge in [-0.05, 0) is 29.8 Å². The van der Waals surface area contributed by atoms with E-state index in [1.165, 1.54) is 13.2 Å². The Morgan fingerprint density at radius 1 is 1.25 bits per heavy atom. The molecule has 12 heteroatoms. The molecule has 0 unspecified atom stereocenters. The molecule has 3 N–H and O–H groups in total. The van der Waals surface area contributed by atoms with Gasteiger partial charge in [-0.3, -0.25) is 0 Å². The van der Waals surface area contributed by atoms with E-state index < -0.39 is 24.3 Å². The van der Waals surface area contributed by atoms with Gasteiger partial charge in [0.2, 0.25) is 0 Å². The highest BCUT2D eigenvalue weighted by atomic mass is 19.4. The summed E-state index contributed by atoms with van der Waals surface area (Å²) in [4.78, 5) is 7.79. The first-order valence-corrected chi connectivity index (χ1v) is 8.00. The van der Waals surface area contributed by atoms with Crippen molar-refractivity contribution in [2.45, 2.75) is 18.3 Å². The van der Waals surface area contributed by atoms with Crippen LogP contribution in [0.1, 0.15) is 12.0 Å². The van der Waals surface area contributed by atoms with Crippen LogP contribution in [0.3, 0.4) is 0 Å². The number of hydrogen-bond donors (Lipinski definition) is 2. The summed E-state index contributed by atoms with van der Waals surface area (Å²) in [5.41, 5.74) is 2.93. The van der Waals surface area contributed by atoms with Gasteiger partial charge in [-0.25, -0.2) is 4.98 Å². The first kappa shape index (κ1) is 18.0. The van der Waals surface area contributed by atoms with Crippen molar-refractivity contribution in [1.29, 1.82) is 0 Å². The first-order valence-electron chi connectivity index (χ1n) is 8.00. The van der Waals surface area contributed by atoms with Crippen LogP contribution in [-0.4, -0.2) is 49.4 Å². The van der Waals surface area contributed by atoms with Crippen LogP contribution in [0.25, 0.3) is 5.65 Å². The molecule has 1 aromatic carbocycles. The van der Waals surface area contributed by atoms with Crippen molar-refractivity contribution >= 4 is 23.1 Å². The summed E-state index contributed by atoms with van der Waals surface area (Å²) in [5.74, 6) is 0.0380. The SMILES string of the molecule is COc1ccc(C2=NN(c3nc(N)cc4ncnn34)[C@](O)(C(F)(F)F)C2)cc1. The average Bonchev–Trinajstić information content (AvgIpc) is 3.25. The van der Waals surface area contributed by atoms with Crippen molar-refractivity contribution in [3.63, 3.8) is 0 Å². The van der Waals surface area contributed by atoms with E-state index in [2.05, 4.69) is 20.2 Å². The Kier molecular flexibility index (Phi) is 3.89. The number of halogens is 3. The molecule has 3 aromatic rings. The number of benzene rings is 1. The minimum absolute atomic E-state index is 0.0139. The summed E-state index contributed by atoms with van der Waals surface area (Å²) < 4.78 is 47.5. The number of aliphatic hydroxyl groups is 1. The Hall–Kier alpha value is -3.41. The van der Waals surface area contributed by atoms with Crippen LogP contribution in [0.15, 0.2) is 41.8 Å². The van der Waals surface area contributed by atoms with Gasteiger partial charge in [0, 0.05) is 6.07 Å². The number of alkyl halides is 3. The molecular weight excluding hydrogens is 379 g/mol. The molecule has 2 aromatic heterocycles. The van der Waals surface area contributed by atoms with Gasteiger partial charge in [-0.1, -0.05) is 0 Å². The van der Waals surface area contributed by atoms with Crippen LogP contribution in [0.2, 0.25) is 0 Å². The lowest BCUT2D eigenvalue weighted by Crippen LogP contribution is -2.55. The zero-order chi connectivity index (χ0) is 20.1. The second-order valence-electron chi connectivity index (χ2n) is 6.09. The maximum Gasteiger partial charge on any atom is 0.438 e. The molecule has 4 rings (SSSR count). The summed E-state index contributed by atoms with van der Waals surface area (Å²) >= 11 is 0. The van der Waals surface area contributed by atoms with Crippen LogP contribution >= 0.6 is 0 Å². The normalized spacial score (nSPS) is 19.9. The van der Waals surface area contributed by atoms with Gasteiger partial charge < -0.3 is 15.6 Å². The monoisotopic (exact) mass is 393 g/mol. The molecule has 0 saturated carbocycles. The lowest BCUT2D eigenvalue weighted by Gasteiger charge is -2.33. The van der Waals surface area contributed by atoms with Crippen molar-refractivity contribution in [3.8, 4) is 5.75 Å². The standard InChI is InChI=1S/C16H14F3N7O2/c1-28-10-4-2-9(3-5-10)11-7-15(27,16(17,18)19)26(24-11)14-23-12(20)6-13-21-8-22-25(13)14/h2-6,8,27H,7,20H2,1H3/t15-/m1/s1. The second kappa shape index (κ2) is 6.05. The molecule has 28 heavy (non-hydrogen) atoms. The quantitative estimate of drug-likeness (QED) is 0.694. The number of rotatable bonds is 3. The Balaban J connectivity index is 1.87. The number of methoxy groups -OCH3 is 1. The van der Waals surface area contributed by atoms with Crippen LogP contribution in [0.5, 0.6) is 5.75 Å². The van der Waals surface area contributed by atoms with Gasteiger partial charge in [0.15, 0.2) is 5.65 Å². The van der Waals surface area contributed by atoms with E-state index in [4.69, 9.17) is 10.5 Å². The molecule has 0 saturated heterocycles. The van der Waals surface area contributed by atoms with E-state index in [-0.39, 0.29) is 17.2 Å². The zero-order valence-corrected chi connectivity index (χ0v) is 14.4. The third-order valence-electron chi connectivity index (χ3n) is 4.32. The number of nitrogens with zero attached hydrogens (tertiary/aromatic N) is 6. The Morgan fingerprint density at radius 2 is 1.96 bits per heavy atom. The molecule has 1 atom stereocenters. The number of nitrogens with two attached hydrogens (primary N) is 1. The number of hydrogen-bond acceptors (Lipinski definition) is 8. The molecule has 0 fully saturated rings. The van der Waals surface area contributed by atoms with E-state index in [0.29, 0.717) is 16.3 Å². The minimum Gasteiger partial charge on any atom is -0.497 e. The Morgan fingerprint density at radius 3 is 2.61 bits per heavy atom. The average molecular weight is 393 g/mol. The molecular formula is C16H14F3N7O2. The van der Waals surface area contributed by atoms with Crippen LogP contribution in [0.4, 0.5) is 24.9 Å².